The van der Waals surface area contributed by atoms with E-state index in [0.29, 0.717) is 11.6 Å². The number of anilines is 2. The summed E-state index contributed by atoms with van der Waals surface area (Å²) in [6, 6.07) is 1.75. The second-order valence-corrected chi connectivity index (χ2v) is 4.02. The van der Waals surface area contributed by atoms with Gasteiger partial charge in [0.25, 0.3) is 0 Å². The molecule has 0 amide bonds. The number of methoxy groups -OCH3 is 1. The van der Waals surface area contributed by atoms with Gasteiger partial charge in [0.15, 0.2) is 0 Å². The van der Waals surface area contributed by atoms with E-state index in [1.807, 2.05) is 6.92 Å². The van der Waals surface area contributed by atoms with Crippen molar-refractivity contribution in [3.63, 3.8) is 0 Å². The highest BCUT2D eigenvalue weighted by molar-refractivity contribution is 5.89. The fourth-order valence-corrected chi connectivity index (χ4v) is 1.71. The molecule has 0 aliphatic rings. The van der Waals surface area contributed by atoms with Crippen LogP contribution in [-0.2, 0) is 4.74 Å². The molecule has 6 nitrogen and oxygen atoms in total. The van der Waals surface area contributed by atoms with E-state index in [2.05, 4.69) is 20.3 Å². The molecule has 0 aliphatic heterocycles. The fraction of sp³-hybridized carbons (Fsp3) is 0.417. The minimum Gasteiger partial charge on any atom is -0.385 e. The maximum atomic E-state index is 5.66. The van der Waals surface area contributed by atoms with Crippen LogP contribution in [0.2, 0.25) is 0 Å². The van der Waals surface area contributed by atoms with E-state index in [1.54, 1.807) is 19.4 Å². The number of hydrogen-bond donors (Lipinski definition) is 2. The standard InChI is InChI=1S/C12H17N5O/c1-8-16-10-6-11(13)15-7-9(10)12(17-8)14-4-3-5-18-2/h6-7H,3-5H2,1-2H3,(H2,13,15)(H,14,16,17). The number of nitrogens with zero attached hydrogens (tertiary/aromatic N) is 3. The summed E-state index contributed by atoms with van der Waals surface area (Å²) in [4.78, 5) is 12.8. The van der Waals surface area contributed by atoms with Crippen molar-refractivity contribution < 1.29 is 4.74 Å². The number of aryl methyl sites for hydroxylation is 1. The van der Waals surface area contributed by atoms with Crippen molar-refractivity contribution in [2.75, 3.05) is 31.3 Å². The molecule has 0 atom stereocenters. The first-order valence-electron chi connectivity index (χ1n) is 5.83. The smallest absolute Gasteiger partial charge is 0.139 e. The predicted molar refractivity (Wildman–Crippen MR) is 71.5 cm³/mol. The van der Waals surface area contributed by atoms with E-state index < -0.39 is 0 Å². The van der Waals surface area contributed by atoms with Crippen molar-refractivity contribution in [2.45, 2.75) is 13.3 Å². The van der Waals surface area contributed by atoms with Gasteiger partial charge in [-0.15, -0.1) is 0 Å². The number of rotatable bonds is 5. The topological polar surface area (TPSA) is 86.0 Å². The maximum Gasteiger partial charge on any atom is 0.139 e. The highest BCUT2D eigenvalue weighted by Gasteiger charge is 2.06. The highest BCUT2D eigenvalue weighted by atomic mass is 16.5. The average molecular weight is 247 g/mol. The Morgan fingerprint density at radius 1 is 1.39 bits per heavy atom. The third-order valence-corrected chi connectivity index (χ3v) is 2.53. The first kappa shape index (κ1) is 12.5. The van der Waals surface area contributed by atoms with E-state index in [9.17, 15) is 0 Å². The van der Waals surface area contributed by atoms with Crippen molar-refractivity contribution in [3.8, 4) is 0 Å². The summed E-state index contributed by atoms with van der Waals surface area (Å²) in [6.45, 7) is 3.38. The Morgan fingerprint density at radius 2 is 2.22 bits per heavy atom. The highest BCUT2D eigenvalue weighted by Crippen LogP contribution is 2.20. The van der Waals surface area contributed by atoms with Gasteiger partial charge < -0.3 is 15.8 Å². The summed E-state index contributed by atoms with van der Waals surface area (Å²) in [5, 5.41) is 4.15. The molecule has 0 unspecified atom stereocenters. The summed E-state index contributed by atoms with van der Waals surface area (Å²) >= 11 is 0. The van der Waals surface area contributed by atoms with E-state index in [1.165, 1.54) is 0 Å². The predicted octanol–water partition coefficient (Wildman–Crippen LogP) is 1.36. The van der Waals surface area contributed by atoms with Gasteiger partial charge in [-0.2, -0.15) is 0 Å². The zero-order valence-corrected chi connectivity index (χ0v) is 10.6. The van der Waals surface area contributed by atoms with Crippen molar-refractivity contribution in [2.24, 2.45) is 0 Å². The van der Waals surface area contributed by atoms with Crippen LogP contribution in [0.3, 0.4) is 0 Å². The number of nitrogen functional groups attached to an aromatic ring is 1. The van der Waals surface area contributed by atoms with Crippen LogP contribution in [0, 0.1) is 6.92 Å². The Hall–Kier alpha value is -1.95. The van der Waals surface area contributed by atoms with Gasteiger partial charge in [0.1, 0.15) is 17.5 Å². The first-order chi connectivity index (χ1) is 8.70. The Bertz CT molecular complexity index is 538. The number of hydrogen-bond acceptors (Lipinski definition) is 6. The van der Waals surface area contributed by atoms with Gasteiger partial charge in [0.05, 0.1) is 10.9 Å². The van der Waals surface area contributed by atoms with Gasteiger partial charge >= 0.3 is 0 Å². The SMILES string of the molecule is COCCCNc1nc(C)nc2cc(N)ncc12. The van der Waals surface area contributed by atoms with E-state index in [4.69, 9.17) is 10.5 Å². The number of nitrogens with two attached hydrogens (primary N) is 1. The molecule has 3 N–H and O–H groups in total. The lowest BCUT2D eigenvalue weighted by atomic mass is 10.2. The molecule has 0 saturated carbocycles. The van der Waals surface area contributed by atoms with Crippen LogP contribution in [0.25, 0.3) is 10.9 Å². The Labute approximate surface area is 106 Å². The van der Waals surface area contributed by atoms with Crippen molar-refractivity contribution in [1.82, 2.24) is 15.0 Å². The zero-order chi connectivity index (χ0) is 13.0. The molecule has 0 fully saturated rings. The summed E-state index contributed by atoms with van der Waals surface area (Å²) < 4.78 is 5.01. The molecule has 0 aliphatic carbocycles. The third-order valence-electron chi connectivity index (χ3n) is 2.53. The van der Waals surface area contributed by atoms with Gasteiger partial charge in [-0.05, 0) is 13.3 Å². The normalized spacial score (nSPS) is 10.8. The number of fused-ring (bicyclic) bond motifs is 1. The second kappa shape index (κ2) is 5.59. The lowest BCUT2D eigenvalue weighted by molar-refractivity contribution is 0.198. The van der Waals surface area contributed by atoms with Crippen LogP contribution in [-0.4, -0.2) is 35.2 Å². The van der Waals surface area contributed by atoms with Crippen molar-refractivity contribution >= 4 is 22.5 Å². The van der Waals surface area contributed by atoms with Gasteiger partial charge in [-0.1, -0.05) is 0 Å². The molecular formula is C12H17N5O. The van der Waals surface area contributed by atoms with E-state index in [-0.39, 0.29) is 0 Å². The molecule has 6 heteroatoms. The molecule has 2 aromatic heterocycles. The number of nitrogens with one attached hydrogen (secondary N) is 1. The molecular weight excluding hydrogens is 230 g/mol. The third kappa shape index (κ3) is 2.84. The Morgan fingerprint density at radius 3 is 3.00 bits per heavy atom. The van der Waals surface area contributed by atoms with Crippen LogP contribution in [0.4, 0.5) is 11.6 Å². The van der Waals surface area contributed by atoms with Crippen LogP contribution in [0.1, 0.15) is 12.2 Å². The largest absolute Gasteiger partial charge is 0.385 e. The first-order valence-corrected chi connectivity index (χ1v) is 5.83. The van der Waals surface area contributed by atoms with Gasteiger partial charge in [-0.25, -0.2) is 15.0 Å². The molecule has 0 aromatic carbocycles. The minimum atomic E-state index is 0.464. The average Bonchev–Trinajstić information content (AvgIpc) is 2.33. The van der Waals surface area contributed by atoms with Gasteiger partial charge in [-0.3, -0.25) is 0 Å². The Balaban J connectivity index is 2.25. The summed E-state index contributed by atoms with van der Waals surface area (Å²) in [7, 11) is 1.69. The quantitative estimate of drug-likeness (QED) is 0.776. The van der Waals surface area contributed by atoms with E-state index in [0.717, 1.165) is 36.3 Å². The zero-order valence-electron chi connectivity index (χ0n) is 10.6. The lowest BCUT2D eigenvalue weighted by Gasteiger charge is -2.09. The van der Waals surface area contributed by atoms with E-state index >= 15 is 0 Å². The summed E-state index contributed by atoms with van der Waals surface area (Å²) in [5.74, 6) is 1.97. The molecule has 2 rings (SSSR count). The van der Waals surface area contributed by atoms with Crippen LogP contribution in [0.5, 0.6) is 0 Å². The number of aromatic nitrogens is 3. The molecule has 0 bridgehead atoms. The van der Waals surface area contributed by atoms with Gasteiger partial charge in [0, 0.05) is 32.5 Å². The van der Waals surface area contributed by atoms with Crippen LogP contribution >= 0.6 is 0 Å². The van der Waals surface area contributed by atoms with Gasteiger partial charge in [0.2, 0.25) is 0 Å². The van der Waals surface area contributed by atoms with Crippen LogP contribution in [0.15, 0.2) is 12.3 Å². The number of pyridine rings is 1. The van der Waals surface area contributed by atoms with Crippen molar-refractivity contribution in [1.29, 1.82) is 0 Å². The maximum absolute atomic E-state index is 5.66. The monoisotopic (exact) mass is 247 g/mol. The second-order valence-electron chi connectivity index (χ2n) is 4.02. The summed E-state index contributed by atoms with van der Waals surface area (Å²) in [5.41, 5.74) is 6.46. The molecule has 96 valence electrons. The number of ether oxygens (including phenoxy) is 1. The minimum absolute atomic E-state index is 0.464. The molecule has 0 spiro atoms. The van der Waals surface area contributed by atoms with Crippen molar-refractivity contribution in [3.05, 3.63) is 18.1 Å². The summed E-state index contributed by atoms with van der Waals surface area (Å²) in [6.07, 6.45) is 2.62. The Kier molecular flexibility index (Phi) is 3.88. The molecule has 2 aromatic rings. The fourth-order valence-electron chi connectivity index (χ4n) is 1.71. The molecule has 0 radical (unpaired) electrons. The molecule has 18 heavy (non-hydrogen) atoms. The lowest BCUT2D eigenvalue weighted by Crippen LogP contribution is -2.08. The molecule has 2 heterocycles. The van der Waals surface area contributed by atoms with Crippen LogP contribution < -0.4 is 11.1 Å². The molecule has 0 saturated heterocycles.